The monoisotopic (exact) mass is 205 g/mol. The van der Waals surface area contributed by atoms with Crippen LogP contribution in [0.25, 0.3) is 0 Å². The zero-order valence-corrected chi connectivity index (χ0v) is 9.49. The highest BCUT2D eigenvalue weighted by Gasteiger charge is 2.21. The number of benzene rings is 1. The Morgan fingerprint density at radius 2 is 2.13 bits per heavy atom. The second-order valence-corrected chi connectivity index (χ2v) is 4.62. The summed E-state index contributed by atoms with van der Waals surface area (Å²) in [6.07, 6.45) is 2.65. The molecular weight excluding hydrogens is 186 g/mol. The van der Waals surface area contributed by atoms with Crippen LogP contribution >= 0.6 is 0 Å². The van der Waals surface area contributed by atoms with E-state index in [-0.39, 0.29) is 6.04 Å². The zero-order valence-electron chi connectivity index (χ0n) is 9.49. The van der Waals surface area contributed by atoms with Crippen molar-refractivity contribution in [3.63, 3.8) is 0 Å². The fraction of sp³-hybridized carbons (Fsp3) is 0.538. The molecule has 1 aliphatic rings. The van der Waals surface area contributed by atoms with Gasteiger partial charge in [-0.1, -0.05) is 6.07 Å². The smallest absolute Gasteiger partial charge is 0.119 e. The molecular formula is C13H19NO. The van der Waals surface area contributed by atoms with E-state index in [0.717, 1.165) is 23.8 Å². The lowest BCUT2D eigenvalue weighted by atomic mass is 10.1. The van der Waals surface area contributed by atoms with Crippen LogP contribution in [0.5, 0.6) is 5.75 Å². The molecule has 15 heavy (non-hydrogen) atoms. The maximum absolute atomic E-state index is 5.86. The molecule has 0 unspecified atom stereocenters. The van der Waals surface area contributed by atoms with E-state index in [1.807, 2.05) is 6.92 Å². The lowest BCUT2D eigenvalue weighted by Gasteiger charge is -2.11. The molecule has 2 N–H and O–H groups in total. The van der Waals surface area contributed by atoms with E-state index in [9.17, 15) is 0 Å². The van der Waals surface area contributed by atoms with Gasteiger partial charge in [-0.25, -0.2) is 0 Å². The van der Waals surface area contributed by atoms with Crippen molar-refractivity contribution in [2.75, 3.05) is 6.61 Å². The molecule has 0 amide bonds. The van der Waals surface area contributed by atoms with Gasteiger partial charge in [0.1, 0.15) is 5.75 Å². The Labute approximate surface area is 91.4 Å². The molecule has 0 aromatic heterocycles. The first-order valence-electron chi connectivity index (χ1n) is 5.65. The Morgan fingerprint density at radius 1 is 1.40 bits per heavy atom. The summed E-state index contributed by atoms with van der Waals surface area (Å²) in [5, 5.41) is 0. The highest BCUT2D eigenvalue weighted by Crippen LogP contribution is 2.30. The molecule has 2 nitrogen and oxygen atoms in total. The number of ether oxygens (including phenoxy) is 1. The van der Waals surface area contributed by atoms with E-state index in [4.69, 9.17) is 10.5 Å². The lowest BCUT2D eigenvalue weighted by Crippen LogP contribution is -2.06. The number of nitrogens with two attached hydrogens (primary N) is 1. The highest BCUT2D eigenvalue weighted by molar-refractivity contribution is 5.35. The molecule has 2 heteroatoms. The van der Waals surface area contributed by atoms with E-state index >= 15 is 0 Å². The van der Waals surface area contributed by atoms with Gasteiger partial charge in [0.25, 0.3) is 0 Å². The largest absolute Gasteiger partial charge is 0.493 e. The van der Waals surface area contributed by atoms with E-state index in [1.54, 1.807) is 0 Å². The van der Waals surface area contributed by atoms with Crippen molar-refractivity contribution >= 4 is 0 Å². The summed E-state index contributed by atoms with van der Waals surface area (Å²) >= 11 is 0. The van der Waals surface area contributed by atoms with E-state index in [1.165, 1.54) is 18.4 Å². The second kappa shape index (κ2) is 4.23. The third-order valence-electron chi connectivity index (χ3n) is 2.78. The van der Waals surface area contributed by atoms with Crippen molar-refractivity contribution < 1.29 is 4.74 Å². The summed E-state index contributed by atoms with van der Waals surface area (Å²) in [5.74, 6) is 1.76. The lowest BCUT2D eigenvalue weighted by molar-refractivity contribution is 0.299. The molecule has 0 heterocycles. The molecule has 1 aromatic rings. The van der Waals surface area contributed by atoms with Crippen molar-refractivity contribution in [1.82, 2.24) is 0 Å². The zero-order chi connectivity index (χ0) is 10.8. The summed E-state index contributed by atoms with van der Waals surface area (Å²) < 4.78 is 5.75. The van der Waals surface area contributed by atoms with Crippen molar-refractivity contribution in [3.05, 3.63) is 29.3 Å². The van der Waals surface area contributed by atoms with Gasteiger partial charge in [0.15, 0.2) is 0 Å². The van der Waals surface area contributed by atoms with E-state index in [2.05, 4.69) is 25.1 Å². The molecule has 0 bridgehead atoms. The molecule has 0 aliphatic heterocycles. The van der Waals surface area contributed by atoms with Gasteiger partial charge in [-0.05, 0) is 55.9 Å². The average molecular weight is 205 g/mol. The van der Waals surface area contributed by atoms with Crippen molar-refractivity contribution in [2.24, 2.45) is 11.7 Å². The minimum atomic E-state index is 0.0770. The van der Waals surface area contributed by atoms with Crippen molar-refractivity contribution in [1.29, 1.82) is 0 Å². The average Bonchev–Trinajstić information content (AvgIpc) is 2.97. The number of rotatable bonds is 4. The number of aryl methyl sites for hydroxylation is 1. The summed E-state index contributed by atoms with van der Waals surface area (Å²) in [5.41, 5.74) is 8.24. The molecule has 2 rings (SSSR count). The van der Waals surface area contributed by atoms with Gasteiger partial charge in [0, 0.05) is 6.04 Å². The van der Waals surface area contributed by atoms with Crippen LogP contribution in [-0.2, 0) is 0 Å². The van der Waals surface area contributed by atoms with E-state index in [0.29, 0.717) is 0 Å². The Morgan fingerprint density at radius 3 is 2.73 bits per heavy atom. The Hall–Kier alpha value is -1.02. The SMILES string of the molecule is Cc1cc(OCC2CC2)cc([C@H](C)N)c1. The Balaban J connectivity index is 2.07. The van der Waals surface area contributed by atoms with Gasteiger partial charge in [-0.15, -0.1) is 0 Å². The minimum absolute atomic E-state index is 0.0770. The molecule has 1 fully saturated rings. The minimum Gasteiger partial charge on any atom is -0.493 e. The van der Waals surface area contributed by atoms with Crippen LogP contribution in [0.3, 0.4) is 0 Å². The summed E-state index contributed by atoms with van der Waals surface area (Å²) in [7, 11) is 0. The van der Waals surface area contributed by atoms with Crippen LogP contribution in [0.1, 0.15) is 36.9 Å². The van der Waals surface area contributed by atoms with Crippen LogP contribution in [0.15, 0.2) is 18.2 Å². The number of hydrogen-bond donors (Lipinski definition) is 1. The molecule has 0 radical (unpaired) electrons. The predicted molar refractivity (Wildman–Crippen MR) is 62.0 cm³/mol. The molecule has 0 spiro atoms. The van der Waals surface area contributed by atoms with Crippen LogP contribution in [-0.4, -0.2) is 6.61 Å². The standard InChI is InChI=1S/C13H19NO/c1-9-5-12(10(2)14)7-13(6-9)15-8-11-3-4-11/h5-7,10-11H,3-4,8,14H2,1-2H3/t10-/m0/s1. The Kier molecular flexibility index (Phi) is 2.96. The topological polar surface area (TPSA) is 35.2 Å². The summed E-state index contributed by atoms with van der Waals surface area (Å²) in [4.78, 5) is 0. The highest BCUT2D eigenvalue weighted by atomic mass is 16.5. The molecule has 1 atom stereocenters. The predicted octanol–water partition coefficient (Wildman–Crippen LogP) is 2.80. The first kappa shape index (κ1) is 10.5. The van der Waals surface area contributed by atoms with E-state index < -0.39 is 0 Å². The fourth-order valence-corrected chi connectivity index (χ4v) is 1.62. The number of hydrogen-bond acceptors (Lipinski definition) is 2. The molecule has 1 aliphatic carbocycles. The van der Waals surface area contributed by atoms with Gasteiger partial charge >= 0.3 is 0 Å². The Bertz CT molecular complexity index is 342. The third-order valence-corrected chi connectivity index (χ3v) is 2.78. The van der Waals surface area contributed by atoms with Crippen LogP contribution < -0.4 is 10.5 Å². The first-order valence-corrected chi connectivity index (χ1v) is 5.65. The van der Waals surface area contributed by atoms with Crippen LogP contribution in [0, 0.1) is 12.8 Å². The van der Waals surface area contributed by atoms with Crippen LogP contribution in [0.2, 0.25) is 0 Å². The van der Waals surface area contributed by atoms with Crippen LogP contribution in [0.4, 0.5) is 0 Å². The third kappa shape index (κ3) is 2.96. The second-order valence-electron chi connectivity index (χ2n) is 4.62. The summed E-state index contributed by atoms with van der Waals surface area (Å²) in [6.45, 7) is 4.94. The fourth-order valence-electron chi connectivity index (χ4n) is 1.62. The maximum Gasteiger partial charge on any atom is 0.119 e. The molecule has 82 valence electrons. The van der Waals surface area contributed by atoms with Gasteiger partial charge in [0.05, 0.1) is 6.61 Å². The quantitative estimate of drug-likeness (QED) is 0.820. The first-order chi connectivity index (χ1) is 7.15. The molecule has 1 aromatic carbocycles. The van der Waals surface area contributed by atoms with Gasteiger partial charge in [-0.3, -0.25) is 0 Å². The molecule has 1 saturated carbocycles. The maximum atomic E-state index is 5.86. The summed E-state index contributed by atoms with van der Waals surface area (Å²) in [6, 6.07) is 6.33. The van der Waals surface area contributed by atoms with Crippen molar-refractivity contribution in [3.8, 4) is 5.75 Å². The van der Waals surface area contributed by atoms with Gasteiger partial charge < -0.3 is 10.5 Å². The normalized spacial score (nSPS) is 17.5. The molecule has 0 saturated heterocycles. The van der Waals surface area contributed by atoms with Gasteiger partial charge in [0.2, 0.25) is 0 Å². The van der Waals surface area contributed by atoms with Gasteiger partial charge in [-0.2, -0.15) is 0 Å². The van der Waals surface area contributed by atoms with Crippen molar-refractivity contribution in [2.45, 2.75) is 32.7 Å².